The largest absolute Gasteiger partial charge is 0.390 e. The second-order valence-corrected chi connectivity index (χ2v) is 7.99. The molecule has 7 nitrogen and oxygen atoms in total. The number of pyridine rings is 1. The van der Waals surface area contributed by atoms with Gasteiger partial charge in [-0.15, -0.1) is 0 Å². The second-order valence-electron chi connectivity index (χ2n) is 7.99. The molecule has 144 valence electrons. The molecule has 2 aromatic heterocycles. The summed E-state index contributed by atoms with van der Waals surface area (Å²) in [6.07, 6.45) is 6.15. The summed E-state index contributed by atoms with van der Waals surface area (Å²) < 4.78 is 7.73. The minimum atomic E-state index is -0.676. The zero-order valence-electron chi connectivity index (χ0n) is 15.9. The molecular formula is C20H26N4O3. The zero-order valence-corrected chi connectivity index (χ0v) is 15.9. The predicted octanol–water partition coefficient (Wildman–Crippen LogP) is 2.11. The van der Waals surface area contributed by atoms with Gasteiger partial charge in [-0.3, -0.25) is 4.79 Å². The van der Waals surface area contributed by atoms with Crippen LogP contribution in [0, 0.1) is 6.92 Å². The van der Waals surface area contributed by atoms with E-state index >= 15 is 0 Å². The van der Waals surface area contributed by atoms with Crippen molar-refractivity contribution < 1.29 is 14.6 Å². The highest BCUT2D eigenvalue weighted by Crippen LogP contribution is 2.39. The van der Waals surface area contributed by atoms with Gasteiger partial charge in [0.1, 0.15) is 0 Å². The van der Waals surface area contributed by atoms with E-state index in [2.05, 4.69) is 10.1 Å². The Kier molecular flexibility index (Phi) is 4.52. The molecule has 0 aromatic carbocycles. The summed E-state index contributed by atoms with van der Waals surface area (Å²) in [4.78, 5) is 19.2. The quantitative estimate of drug-likeness (QED) is 0.876. The minimum Gasteiger partial charge on any atom is -0.390 e. The molecule has 27 heavy (non-hydrogen) atoms. The normalized spacial score (nSPS) is 24.9. The number of aromatic nitrogens is 3. The molecule has 2 saturated heterocycles. The fourth-order valence-electron chi connectivity index (χ4n) is 4.26. The third-order valence-corrected chi connectivity index (χ3v) is 5.82. The number of piperidine rings is 1. The lowest BCUT2D eigenvalue weighted by atomic mass is 9.78. The van der Waals surface area contributed by atoms with Crippen molar-refractivity contribution in [2.45, 2.75) is 50.7 Å². The Balaban J connectivity index is 1.47. The van der Waals surface area contributed by atoms with E-state index in [1.807, 2.05) is 36.9 Å². The van der Waals surface area contributed by atoms with Gasteiger partial charge in [-0.05, 0) is 45.2 Å². The molecule has 1 atom stereocenters. The molecule has 2 aromatic rings. The number of aliphatic hydroxyl groups is 1. The van der Waals surface area contributed by atoms with E-state index in [4.69, 9.17) is 4.74 Å². The van der Waals surface area contributed by atoms with Crippen LogP contribution in [0.3, 0.4) is 0 Å². The molecule has 0 radical (unpaired) electrons. The monoisotopic (exact) mass is 370 g/mol. The number of rotatable bonds is 2. The maximum Gasteiger partial charge on any atom is 0.257 e. The van der Waals surface area contributed by atoms with Gasteiger partial charge in [0.15, 0.2) is 5.82 Å². The van der Waals surface area contributed by atoms with Gasteiger partial charge < -0.3 is 14.7 Å². The minimum absolute atomic E-state index is 0.00731. The van der Waals surface area contributed by atoms with Crippen LogP contribution in [0.4, 0.5) is 0 Å². The van der Waals surface area contributed by atoms with E-state index in [-0.39, 0.29) is 11.5 Å². The first-order chi connectivity index (χ1) is 12.9. The molecule has 1 amide bonds. The van der Waals surface area contributed by atoms with Crippen LogP contribution in [-0.4, -0.2) is 61.6 Å². The van der Waals surface area contributed by atoms with E-state index < -0.39 is 5.60 Å². The van der Waals surface area contributed by atoms with Crippen LogP contribution in [0.15, 0.2) is 30.6 Å². The van der Waals surface area contributed by atoms with Crippen molar-refractivity contribution in [1.82, 2.24) is 19.7 Å². The van der Waals surface area contributed by atoms with Crippen molar-refractivity contribution in [3.05, 3.63) is 41.9 Å². The summed E-state index contributed by atoms with van der Waals surface area (Å²) in [7, 11) is 0. The number of hydrogen-bond acceptors (Lipinski definition) is 5. The SMILES string of the molecule is Cc1c(C(=O)N2CCC3(CC2)CC(C)(O)CCO3)cnn1-c1ccccn1. The lowest BCUT2D eigenvalue weighted by Gasteiger charge is -2.48. The molecule has 2 fully saturated rings. The molecule has 0 bridgehead atoms. The number of nitrogens with zero attached hydrogens (tertiary/aromatic N) is 4. The van der Waals surface area contributed by atoms with E-state index in [1.54, 1.807) is 17.1 Å². The van der Waals surface area contributed by atoms with Crippen molar-refractivity contribution in [1.29, 1.82) is 0 Å². The Morgan fingerprint density at radius 3 is 2.70 bits per heavy atom. The molecule has 4 heterocycles. The van der Waals surface area contributed by atoms with Crippen molar-refractivity contribution >= 4 is 5.91 Å². The summed E-state index contributed by atoms with van der Waals surface area (Å²) in [5.41, 5.74) is 0.417. The summed E-state index contributed by atoms with van der Waals surface area (Å²) in [6, 6.07) is 5.61. The molecular weight excluding hydrogens is 344 g/mol. The lowest BCUT2D eigenvalue weighted by molar-refractivity contribution is -0.170. The third kappa shape index (κ3) is 3.49. The average molecular weight is 370 g/mol. The maximum atomic E-state index is 13.0. The Morgan fingerprint density at radius 2 is 2.04 bits per heavy atom. The molecule has 4 rings (SSSR count). The number of ether oxygens (including phenoxy) is 1. The fraction of sp³-hybridized carbons (Fsp3) is 0.550. The van der Waals surface area contributed by atoms with Gasteiger partial charge in [0, 0.05) is 25.7 Å². The van der Waals surface area contributed by atoms with Crippen LogP contribution >= 0.6 is 0 Å². The van der Waals surface area contributed by atoms with Gasteiger partial charge in [-0.2, -0.15) is 5.10 Å². The van der Waals surface area contributed by atoms with E-state index in [1.165, 1.54) is 0 Å². The van der Waals surface area contributed by atoms with Gasteiger partial charge in [-0.1, -0.05) is 6.07 Å². The van der Waals surface area contributed by atoms with Crippen molar-refractivity contribution in [3.8, 4) is 5.82 Å². The fourth-order valence-corrected chi connectivity index (χ4v) is 4.26. The highest BCUT2D eigenvalue weighted by atomic mass is 16.5. The summed E-state index contributed by atoms with van der Waals surface area (Å²) >= 11 is 0. The average Bonchev–Trinajstić information content (AvgIpc) is 3.03. The molecule has 7 heteroatoms. The van der Waals surface area contributed by atoms with Crippen LogP contribution in [0.25, 0.3) is 5.82 Å². The number of carbonyl (C=O) groups is 1. The van der Waals surface area contributed by atoms with Crippen LogP contribution < -0.4 is 0 Å². The molecule has 0 aliphatic carbocycles. The van der Waals surface area contributed by atoms with Gasteiger partial charge in [0.2, 0.25) is 0 Å². The lowest BCUT2D eigenvalue weighted by Crippen LogP contribution is -2.54. The standard InChI is InChI=1S/C20H26N4O3/c1-15-16(13-22-24(15)17-5-3-4-9-21-17)18(25)23-10-6-20(7-11-23)14-19(2,26)8-12-27-20/h3-5,9,13,26H,6-8,10-12,14H2,1-2H3. The van der Waals surface area contributed by atoms with Crippen molar-refractivity contribution in [3.63, 3.8) is 0 Å². The number of amides is 1. The molecule has 1 unspecified atom stereocenters. The molecule has 2 aliphatic rings. The van der Waals surface area contributed by atoms with Gasteiger partial charge >= 0.3 is 0 Å². The topological polar surface area (TPSA) is 80.5 Å². The first kappa shape index (κ1) is 18.1. The Morgan fingerprint density at radius 1 is 1.26 bits per heavy atom. The molecule has 1 N–H and O–H groups in total. The van der Waals surface area contributed by atoms with E-state index in [0.717, 1.165) is 18.5 Å². The van der Waals surface area contributed by atoms with Crippen molar-refractivity contribution in [2.75, 3.05) is 19.7 Å². The summed E-state index contributed by atoms with van der Waals surface area (Å²) in [6.45, 7) is 5.61. The van der Waals surface area contributed by atoms with Crippen LogP contribution in [0.1, 0.15) is 48.7 Å². The van der Waals surface area contributed by atoms with Crippen LogP contribution in [0.2, 0.25) is 0 Å². The number of carbonyl (C=O) groups excluding carboxylic acids is 1. The first-order valence-corrected chi connectivity index (χ1v) is 9.51. The van der Waals surface area contributed by atoms with Crippen LogP contribution in [-0.2, 0) is 4.74 Å². The Labute approximate surface area is 159 Å². The Bertz CT molecular complexity index is 823. The van der Waals surface area contributed by atoms with Gasteiger partial charge in [-0.25, -0.2) is 9.67 Å². The highest BCUT2D eigenvalue weighted by molar-refractivity contribution is 5.95. The van der Waals surface area contributed by atoms with Crippen LogP contribution in [0.5, 0.6) is 0 Å². The summed E-state index contributed by atoms with van der Waals surface area (Å²) in [5.74, 6) is 0.691. The van der Waals surface area contributed by atoms with E-state index in [0.29, 0.717) is 43.9 Å². The second kappa shape index (κ2) is 6.73. The smallest absolute Gasteiger partial charge is 0.257 e. The third-order valence-electron chi connectivity index (χ3n) is 5.82. The van der Waals surface area contributed by atoms with Gasteiger partial charge in [0.05, 0.1) is 35.3 Å². The molecule has 0 saturated carbocycles. The summed E-state index contributed by atoms with van der Waals surface area (Å²) in [5, 5.41) is 14.8. The van der Waals surface area contributed by atoms with E-state index in [9.17, 15) is 9.90 Å². The number of likely N-dealkylation sites (tertiary alicyclic amines) is 1. The predicted molar refractivity (Wildman–Crippen MR) is 99.8 cm³/mol. The van der Waals surface area contributed by atoms with Crippen molar-refractivity contribution in [2.24, 2.45) is 0 Å². The Hall–Kier alpha value is -2.25. The highest BCUT2D eigenvalue weighted by Gasteiger charge is 2.45. The zero-order chi connectivity index (χ0) is 19.1. The maximum absolute atomic E-state index is 13.0. The number of hydrogen-bond donors (Lipinski definition) is 1. The van der Waals surface area contributed by atoms with Gasteiger partial charge in [0.25, 0.3) is 5.91 Å². The first-order valence-electron chi connectivity index (χ1n) is 9.51. The molecule has 2 aliphatic heterocycles. The molecule has 1 spiro atoms.